The van der Waals surface area contributed by atoms with Crippen molar-refractivity contribution in [3.8, 4) is 16.9 Å². The summed E-state index contributed by atoms with van der Waals surface area (Å²) >= 11 is 0. The average Bonchev–Trinajstić information content (AvgIpc) is 3.80. The number of methoxy groups -OCH3 is 1. The number of hydrogen-bond donors (Lipinski definition) is 1. The number of nitrogens with one attached hydrogen (secondary N) is 1. The van der Waals surface area contributed by atoms with Crippen molar-refractivity contribution < 1.29 is 33.4 Å². The lowest BCUT2D eigenvalue weighted by Crippen LogP contribution is -2.28. The quantitative estimate of drug-likeness (QED) is 0.185. The van der Waals surface area contributed by atoms with Crippen molar-refractivity contribution in [3.05, 3.63) is 53.4 Å². The highest BCUT2D eigenvalue weighted by Gasteiger charge is 2.26. The van der Waals surface area contributed by atoms with E-state index in [1.807, 2.05) is 13.8 Å². The maximum atomic E-state index is 13.2. The van der Waals surface area contributed by atoms with E-state index in [1.54, 1.807) is 32.1 Å². The van der Waals surface area contributed by atoms with Crippen molar-refractivity contribution in [2.24, 2.45) is 11.8 Å². The van der Waals surface area contributed by atoms with Gasteiger partial charge in [0.15, 0.2) is 12.0 Å². The molecule has 2 aromatic rings. The van der Waals surface area contributed by atoms with Gasteiger partial charge in [0.05, 0.1) is 13.0 Å². The molecule has 1 aromatic carbocycles. The van der Waals surface area contributed by atoms with Gasteiger partial charge in [-0.2, -0.15) is 0 Å². The Morgan fingerprint density at radius 2 is 1.68 bits per heavy atom. The molecule has 224 valence electrons. The molecule has 9 heteroatoms. The Bertz CT molecular complexity index is 1200. The van der Waals surface area contributed by atoms with Gasteiger partial charge in [0, 0.05) is 30.2 Å². The molecule has 0 aliphatic heterocycles. The SMILES string of the molecule is C=Cc1cc(C=O)c(-c2ccc(C(=O)NCC3CC3)nc2C(=O)OC(C)OC(=O)C(C)C)cc1OC.CC.CCC. The van der Waals surface area contributed by atoms with Gasteiger partial charge in [-0.1, -0.05) is 60.6 Å². The van der Waals surface area contributed by atoms with Crippen LogP contribution in [0.5, 0.6) is 5.75 Å². The summed E-state index contributed by atoms with van der Waals surface area (Å²) < 4.78 is 15.9. The number of benzene rings is 1. The lowest BCUT2D eigenvalue weighted by atomic mass is 9.95. The Kier molecular flexibility index (Phi) is 15.1. The lowest BCUT2D eigenvalue weighted by molar-refractivity contribution is -0.169. The van der Waals surface area contributed by atoms with Gasteiger partial charge in [0.1, 0.15) is 11.4 Å². The third-order valence-electron chi connectivity index (χ3n) is 5.63. The molecule has 3 rings (SSSR count). The molecule has 41 heavy (non-hydrogen) atoms. The van der Waals surface area contributed by atoms with Crippen LogP contribution in [0.2, 0.25) is 0 Å². The maximum Gasteiger partial charge on any atom is 0.360 e. The van der Waals surface area contributed by atoms with Crippen LogP contribution in [0.15, 0.2) is 30.8 Å². The van der Waals surface area contributed by atoms with Gasteiger partial charge in [0.25, 0.3) is 5.91 Å². The second kappa shape index (κ2) is 17.6. The van der Waals surface area contributed by atoms with E-state index in [9.17, 15) is 19.2 Å². The summed E-state index contributed by atoms with van der Waals surface area (Å²) in [5, 5.41) is 2.81. The maximum absolute atomic E-state index is 13.2. The molecule has 1 unspecified atom stereocenters. The number of aromatic nitrogens is 1. The van der Waals surface area contributed by atoms with Crippen LogP contribution in [-0.2, 0) is 14.3 Å². The Morgan fingerprint density at radius 3 is 2.20 bits per heavy atom. The number of aldehydes is 1. The number of ether oxygens (including phenoxy) is 3. The summed E-state index contributed by atoms with van der Waals surface area (Å²) in [4.78, 5) is 54.0. The van der Waals surface area contributed by atoms with Gasteiger partial charge in [0.2, 0.25) is 6.29 Å². The Labute approximate surface area is 243 Å². The molecule has 1 amide bonds. The smallest absolute Gasteiger partial charge is 0.360 e. The monoisotopic (exact) mass is 568 g/mol. The minimum absolute atomic E-state index is 0.0144. The molecule has 0 bridgehead atoms. The van der Waals surface area contributed by atoms with Crippen LogP contribution < -0.4 is 10.1 Å². The summed E-state index contributed by atoms with van der Waals surface area (Å²) in [7, 11) is 1.47. The zero-order valence-corrected chi connectivity index (χ0v) is 25.5. The molecule has 1 aliphatic carbocycles. The molecule has 1 heterocycles. The molecular formula is C32H44N2O7. The van der Waals surface area contributed by atoms with E-state index in [4.69, 9.17) is 14.2 Å². The van der Waals surface area contributed by atoms with Gasteiger partial charge < -0.3 is 19.5 Å². The van der Waals surface area contributed by atoms with Gasteiger partial charge in [-0.3, -0.25) is 14.4 Å². The second-order valence-electron chi connectivity index (χ2n) is 9.52. The number of rotatable bonds is 11. The molecule has 1 atom stereocenters. The van der Waals surface area contributed by atoms with Crippen LogP contribution in [0.1, 0.15) is 105 Å². The number of pyridine rings is 1. The van der Waals surface area contributed by atoms with Crippen LogP contribution in [-0.4, -0.2) is 49.1 Å². The van der Waals surface area contributed by atoms with Gasteiger partial charge in [-0.05, 0) is 48.6 Å². The van der Waals surface area contributed by atoms with E-state index in [0.29, 0.717) is 35.6 Å². The van der Waals surface area contributed by atoms with Crippen molar-refractivity contribution in [2.75, 3.05) is 13.7 Å². The Hall–Kier alpha value is -4.01. The topological polar surface area (TPSA) is 121 Å². The molecule has 0 saturated heterocycles. The molecule has 0 spiro atoms. The van der Waals surface area contributed by atoms with Crippen molar-refractivity contribution in [2.45, 2.75) is 74.0 Å². The fraction of sp³-hybridized carbons (Fsp3) is 0.469. The van der Waals surface area contributed by atoms with E-state index in [-0.39, 0.29) is 22.5 Å². The van der Waals surface area contributed by atoms with Crippen LogP contribution in [0.25, 0.3) is 17.2 Å². The molecule has 1 aromatic heterocycles. The predicted octanol–water partition coefficient (Wildman–Crippen LogP) is 6.50. The second-order valence-corrected chi connectivity index (χ2v) is 9.52. The van der Waals surface area contributed by atoms with E-state index in [1.165, 1.54) is 32.6 Å². The molecule has 1 N–H and O–H groups in total. The number of carbonyl (C=O) groups excluding carboxylic acids is 4. The van der Waals surface area contributed by atoms with Crippen molar-refractivity contribution >= 4 is 30.2 Å². The summed E-state index contributed by atoms with van der Waals surface area (Å²) in [5.74, 6) is -1.42. The number of hydrogen-bond acceptors (Lipinski definition) is 8. The van der Waals surface area contributed by atoms with Crippen LogP contribution in [0, 0.1) is 11.8 Å². The molecule has 1 aliphatic rings. The first-order chi connectivity index (χ1) is 19.6. The zero-order valence-electron chi connectivity index (χ0n) is 25.5. The highest BCUT2D eigenvalue weighted by Crippen LogP contribution is 2.33. The predicted molar refractivity (Wildman–Crippen MR) is 160 cm³/mol. The van der Waals surface area contributed by atoms with E-state index < -0.39 is 30.1 Å². The largest absolute Gasteiger partial charge is 0.496 e. The molecular weight excluding hydrogens is 524 g/mol. The lowest BCUT2D eigenvalue weighted by Gasteiger charge is -2.18. The van der Waals surface area contributed by atoms with Gasteiger partial charge >= 0.3 is 11.9 Å². The molecule has 1 fully saturated rings. The van der Waals surface area contributed by atoms with Crippen LogP contribution >= 0.6 is 0 Å². The first-order valence-electron chi connectivity index (χ1n) is 14.1. The number of amides is 1. The fourth-order valence-corrected chi connectivity index (χ4v) is 3.42. The van der Waals surface area contributed by atoms with Gasteiger partial charge in [-0.25, -0.2) is 9.78 Å². The normalized spacial score (nSPS) is 12.4. The number of esters is 2. The van der Waals surface area contributed by atoms with Crippen molar-refractivity contribution in [1.82, 2.24) is 10.3 Å². The van der Waals surface area contributed by atoms with E-state index in [2.05, 4.69) is 30.7 Å². The van der Waals surface area contributed by atoms with Gasteiger partial charge in [-0.15, -0.1) is 0 Å². The molecule has 1 saturated carbocycles. The zero-order chi connectivity index (χ0) is 31.1. The van der Waals surface area contributed by atoms with Crippen molar-refractivity contribution in [3.63, 3.8) is 0 Å². The molecule has 9 nitrogen and oxygen atoms in total. The summed E-state index contributed by atoms with van der Waals surface area (Å²) in [6.45, 7) is 17.2. The minimum Gasteiger partial charge on any atom is -0.496 e. The molecule has 0 radical (unpaired) electrons. The summed E-state index contributed by atoms with van der Waals surface area (Å²) in [6, 6.07) is 6.16. The van der Waals surface area contributed by atoms with E-state index >= 15 is 0 Å². The van der Waals surface area contributed by atoms with Crippen LogP contribution in [0.3, 0.4) is 0 Å². The third-order valence-corrected chi connectivity index (χ3v) is 5.63. The highest BCUT2D eigenvalue weighted by molar-refractivity contribution is 6.01. The van der Waals surface area contributed by atoms with E-state index in [0.717, 1.165) is 12.8 Å². The standard InChI is InChI=1S/C27H30N2O7.C3H8.C2H6/c1-6-18-11-19(14-30)21(12-23(18)34-5)20-9-10-22(25(31)28-13-17-7-8-17)29-24(20)27(33)36-16(4)35-26(32)15(2)3;1-3-2;1-2/h6,9-12,14-17H,1,7-8,13H2,2-5H3,(H,28,31);3H2,1-2H3;1-2H3. The number of nitrogens with zero attached hydrogens (tertiary/aromatic N) is 1. The third kappa shape index (κ3) is 10.5. The first kappa shape index (κ1) is 35.0. The minimum atomic E-state index is -1.20. The average molecular weight is 569 g/mol. The Balaban J connectivity index is 0.00000157. The summed E-state index contributed by atoms with van der Waals surface area (Å²) in [5.41, 5.74) is 1.25. The fourth-order valence-electron chi connectivity index (χ4n) is 3.42. The number of carbonyl (C=O) groups is 4. The first-order valence-corrected chi connectivity index (χ1v) is 14.1. The highest BCUT2D eigenvalue weighted by atomic mass is 16.7. The summed E-state index contributed by atoms with van der Waals surface area (Å²) in [6.07, 6.45) is 4.36. The Morgan fingerprint density at radius 1 is 1.05 bits per heavy atom. The van der Waals surface area contributed by atoms with Crippen molar-refractivity contribution in [1.29, 1.82) is 0 Å². The van der Waals surface area contributed by atoms with Crippen LogP contribution in [0.4, 0.5) is 0 Å².